The van der Waals surface area contributed by atoms with Crippen LogP contribution in [0.1, 0.15) is 18.9 Å². The maximum atomic E-state index is 10.8. The second-order valence-corrected chi connectivity index (χ2v) is 5.70. The lowest BCUT2D eigenvalue weighted by atomic mass is 10.0. The van der Waals surface area contributed by atoms with Crippen LogP contribution in [0.25, 0.3) is 0 Å². The Bertz CT molecular complexity index is 431. The fourth-order valence-corrected chi connectivity index (χ4v) is 3.60. The zero-order valence-electron chi connectivity index (χ0n) is 9.97. The molecule has 3 nitrogen and oxygen atoms in total. The molecule has 0 aromatic heterocycles. The van der Waals surface area contributed by atoms with Crippen LogP contribution in [-0.2, 0) is 11.2 Å². The summed E-state index contributed by atoms with van der Waals surface area (Å²) in [5.41, 5.74) is 1.22. The zero-order valence-corrected chi connectivity index (χ0v) is 10.8. The van der Waals surface area contributed by atoms with Gasteiger partial charge in [-0.15, -0.1) is 11.8 Å². The lowest BCUT2D eigenvalue weighted by Gasteiger charge is -2.11. The van der Waals surface area contributed by atoms with Crippen molar-refractivity contribution in [1.29, 1.82) is 0 Å². The van der Waals surface area contributed by atoms with E-state index in [1.54, 1.807) is 25.8 Å². The van der Waals surface area contributed by atoms with Crippen LogP contribution in [0, 0.1) is 5.92 Å². The number of hydrogen-bond acceptors (Lipinski definition) is 3. The molecule has 1 aromatic carbocycles. The Kier molecular flexibility index (Phi) is 3.62. The Morgan fingerprint density at radius 3 is 3.06 bits per heavy atom. The van der Waals surface area contributed by atoms with E-state index in [1.165, 1.54) is 10.5 Å². The SMILES string of the molecule is COc1cccc2c1CC(CC(C)C(=O)O)S2. The molecule has 1 aromatic rings. The van der Waals surface area contributed by atoms with Crippen LogP contribution in [0.15, 0.2) is 23.1 Å². The van der Waals surface area contributed by atoms with Crippen molar-refractivity contribution in [2.24, 2.45) is 5.92 Å². The van der Waals surface area contributed by atoms with Gasteiger partial charge in [0.15, 0.2) is 0 Å². The highest BCUT2D eigenvalue weighted by atomic mass is 32.2. The number of thioether (sulfide) groups is 1. The van der Waals surface area contributed by atoms with Crippen LogP contribution in [0.3, 0.4) is 0 Å². The van der Waals surface area contributed by atoms with E-state index >= 15 is 0 Å². The molecule has 1 heterocycles. The van der Waals surface area contributed by atoms with Crippen molar-refractivity contribution in [1.82, 2.24) is 0 Å². The molecule has 0 saturated carbocycles. The zero-order chi connectivity index (χ0) is 12.4. The molecule has 1 aliphatic rings. The van der Waals surface area contributed by atoms with Crippen molar-refractivity contribution in [2.75, 3.05) is 7.11 Å². The Labute approximate surface area is 105 Å². The fourth-order valence-electron chi connectivity index (χ4n) is 2.12. The van der Waals surface area contributed by atoms with E-state index in [1.807, 2.05) is 12.1 Å². The summed E-state index contributed by atoms with van der Waals surface area (Å²) in [4.78, 5) is 12.1. The highest BCUT2D eigenvalue weighted by Crippen LogP contribution is 2.43. The first-order chi connectivity index (χ1) is 8.11. The second-order valence-electron chi connectivity index (χ2n) is 4.36. The van der Waals surface area contributed by atoms with E-state index in [0.29, 0.717) is 11.7 Å². The van der Waals surface area contributed by atoms with Gasteiger partial charge in [0.25, 0.3) is 0 Å². The van der Waals surface area contributed by atoms with Gasteiger partial charge in [0.2, 0.25) is 0 Å². The third kappa shape index (κ3) is 2.57. The van der Waals surface area contributed by atoms with Crippen LogP contribution >= 0.6 is 11.8 Å². The number of carboxylic acids is 1. The number of fused-ring (bicyclic) bond motifs is 1. The predicted octanol–water partition coefficient (Wildman–Crippen LogP) is 2.82. The molecule has 4 heteroatoms. The van der Waals surface area contributed by atoms with Crippen LogP contribution < -0.4 is 4.74 Å². The molecule has 1 aliphatic heterocycles. The van der Waals surface area contributed by atoms with Gasteiger partial charge in [-0.1, -0.05) is 13.0 Å². The van der Waals surface area contributed by atoms with Gasteiger partial charge in [-0.3, -0.25) is 4.79 Å². The molecule has 2 rings (SSSR count). The Balaban J connectivity index is 2.08. The van der Waals surface area contributed by atoms with Gasteiger partial charge in [0.1, 0.15) is 5.75 Å². The van der Waals surface area contributed by atoms with Gasteiger partial charge in [-0.2, -0.15) is 0 Å². The van der Waals surface area contributed by atoms with Crippen molar-refractivity contribution in [3.05, 3.63) is 23.8 Å². The maximum absolute atomic E-state index is 10.8. The summed E-state index contributed by atoms with van der Waals surface area (Å²) in [5.74, 6) is -0.0817. The average molecular weight is 252 g/mol. The minimum atomic E-state index is -0.714. The molecule has 2 unspecified atom stereocenters. The van der Waals surface area contributed by atoms with Gasteiger partial charge in [0.05, 0.1) is 13.0 Å². The molecule has 1 N–H and O–H groups in total. The van der Waals surface area contributed by atoms with Gasteiger partial charge in [-0.05, 0) is 25.0 Å². The Morgan fingerprint density at radius 2 is 2.41 bits per heavy atom. The predicted molar refractivity (Wildman–Crippen MR) is 67.8 cm³/mol. The van der Waals surface area contributed by atoms with Crippen LogP contribution in [-0.4, -0.2) is 23.4 Å². The first-order valence-electron chi connectivity index (χ1n) is 5.67. The van der Waals surface area contributed by atoms with Crippen molar-refractivity contribution >= 4 is 17.7 Å². The molecule has 17 heavy (non-hydrogen) atoms. The number of carboxylic acid groups (broad SMARTS) is 1. The third-order valence-corrected chi connectivity index (χ3v) is 4.40. The summed E-state index contributed by atoms with van der Waals surface area (Å²) in [6.45, 7) is 1.77. The molecule has 92 valence electrons. The number of benzene rings is 1. The van der Waals surface area contributed by atoms with Gasteiger partial charge in [0, 0.05) is 15.7 Å². The van der Waals surface area contributed by atoms with Crippen LogP contribution in [0.2, 0.25) is 0 Å². The first kappa shape index (κ1) is 12.3. The van der Waals surface area contributed by atoms with Gasteiger partial charge >= 0.3 is 5.97 Å². The molecule has 0 fully saturated rings. The van der Waals surface area contributed by atoms with Crippen LogP contribution in [0.4, 0.5) is 0 Å². The summed E-state index contributed by atoms with van der Waals surface area (Å²) in [6.07, 6.45) is 1.61. The minimum absolute atomic E-state index is 0.284. The lowest BCUT2D eigenvalue weighted by molar-refractivity contribution is -0.141. The quantitative estimate of drug-likeness (QED) is 0.895. The monoisotopic (exact) mass is 252 g/mol. The normalized spacial score (nSPS) is 19.8. The van der Waals surface area contributed by atoms with E-state index in [0.717, 1.165) is 12.2 Å². The van der Waals surface area contributed by atoms with Crippen molar-refractivity contribution < 1.29 is 14.6 Å². The number of carbonyl (C=O) groups is 1. The topological polar surface area (TPSA) is 46.5 Å². The first-order valence-corrected chi connectivity index (χ1v) is 6.55. The Hall–Kier alpha value is -1.16. The molecule has 0 spiro atoms. The smallest absolute Gasteiger partial charge is 0.306 e. The summed E-state index contributed by atoms with van der Waals surface area (Å²) < 4.78 is 5.33. The second kappa shape index (κ2) is 5.00. The van der Waals surface area contributed by atoms with E-state index < -0.39 is 5.97 Å². The summed E-state index contributed by atoms with van der Waals surface area (Å²) in [5, 5.41) is 9.28. The molecule has 2 atom stereocenters. The third-order valence-electron chi connectivity index (χ3n) is 3.07. The maximum Gasteiger partial charge on any atom is 0.306 e. The van der Waals surface area contributed by atoms with Crippen molar-refractivity contribution in [3.63, 3.8) is 0 Å². The number of aliphatic carboxylic acids is 1. The highest BCUT2D eigenvalue weighted by Gasteiger charge is 2.28. The summed E-state index contributed by atoms with van der Waals surface area (Å²) in [7, 11) is 1.67. The van der Waals surface area contributed by atoms with E-state index in [-0.39, 0.29) is 5.92 Å². The molecular formula is C13H16O3S. The summed E-state index contributed by atoms with van der Waals surface area (Å²) in [6, 6.07) is 6.02. The summed E-state index contributed by atoms with van der Waals surface area (Å²) >= 11 is 1.77. The molecule has 0 saturated heterocycles. The average Bonchev–Trinajstić information content (AvgIpc) is 2.70. The van der Waals surface area contributed by atoms with E-state index in [2.05, 4.69) is 6.07 Å². The molecular weight excluding hydrogens is 236 g/mol. The molecule has 0 amide bonds. The minimum Gasteiger partial charge on any atom is -0.496 e. The van der Waals surface area contributed by atoms with Crippen molar-refractivity contribution in [2.45, 2.75) is 29.9 Å². The number of methoxy groups -OCH3 is 1. The number of hydrogen-bond donors (Lipinski definition) is 1. The van der Waals surface area contributed by atoms with E-state index in [9.17, 15) is 4.79 Å². The largest absolute Gasteiger partial charge is 0.496 e. The van der Waals surface area contributed by atoms with Gasteiger partial charge < -0.3 is 9.84 Å². The molecule has 0 aliphatic carbocycles. The lowest BCUT2D eigenvalue weighted by Crippen LogP contribution is -2.15. The Morgan fingerprint density at radius 1 is 1.65 bits per heavy atom. The van der Waals surface area contributed by atoms with Crippen molar-refractivity contribution in [3.8, 4) is 5.75 Å². The van der Waals surface area contributed by atoms with Gasteiger partial charge in [-0.25, -0.2) is 0 Å². The number of ether oxygens (including phenoxy) is 1. The standard InChI is InChI=1S/C13H16O3S/c1-8(13(14)15)6-9-7-10-11(16-2)4-3-5-12(10)17-9/h3-5,8-9H,6-7H2,1-2H3,(H,14,15). The number of rotatable bonds is 4. The molecule has 0 radical (unpaired) electrons. The van der Waals surface area contributed by atoms with E-state index in [4.69, 9.17) is 9.84 Å². The highest BCUT2D eigenvalue weighted by molar-refractivity contribution is 8.00. The fraction of sp³-hybridized carbons (Fsp3) is 0.462. The van der Waals surface area contributed by atoms with Crippen LogP contribution in [0.5, 0.6) is 5.75 Å². The molecule has 0 bridgehead atoms.